The van der Waals surface area contributed by atoms with E-state index in [1.54, 1.807) is 11.8 Å². The summed E-state index contributed by atoms with van der Waals surface area (Å²) in [5.41, 5.74) is 3.56. The van der Waals surface area contributed by atoms with Gasteiger partial charge in [0.15, 0.2) is 0 Å². The van der Waals surface area contributed by atoms with Crippen molar-refractivity contribution in [3.05, 3.63) is 53.1 Å². The smallest absolute Gasteiger partial charge is 0.0484 e. The van der Waals surface area contributed by atoms with E-state index in [2.05, 4.69) is 37.4 Å². The van der Waals surface area contributed by atoms with Crippen LogP contribution in [0.3, 0.4) is 0 Å². The van der Waals surface area contributed by atoms with Crippen molar-refractivity contribution in [2.24, 2.45) is 0 Å². The van der Waals surface area contributed by atoms with Crippen LogP contribution < -0.4 is 0 Å². The molecule has 0 fully saturated rings. The lowest BCUT2D eigenvalue weighted by Gasteiger charge is -2.09. The van der Waals surface area contributed by atoms with Crippen LogP contribution in [-0.4, -0.2) is 6.26 Å². The average molecular weight is 249 g/mol. The Labute approximate surface area is 106 Å². The maximum absolute atomic E-state index is 6.25. The second-order valence-corrected chi connectivity index (χ2v) is 4.94. The Balaban J connectivity index is 2.62. The first-order valence-electron chi connectivity index (χ1n) is 5.12. The van der Waals surface area contributed by atoms with Gasteiger partial charge in [0.25, 0.3) is 0 Å². The van der Waals surface area contributed by atoms with Crippen molar-refractivity contribution < 1.29 is 0 Å². The maximum Gasteiger partial charge on any atom is 0.0484 e. The normalized spacial score (nSPS) is 10.4. The molecule has 0 atom stereocenters. The van der Waals surface area contributed by atoms with Gasteiger partial charge in [0.1, 0.15) is 0 Å². The Morgan fingerprint density at radius 3 is 2.50 bits per heavy atom. The van der Waals surface area contributed by atoms with E-state index in [-0.39, 0.29) is 0 Å². The summed E-state index contributed by atoms with van der Waals surface area (Å²) < 4.78 is 0. The molecule has 0 spiro atoms. The highest BCUT2D eigenvalue weighted by Gasteiger charge is 2.07. The second-order valence-electron chi connectivity index (χ2n) is 3.68. The molecule has 0 aliphatic heterocycles. The lowest BCUT2D eigenvalue weighted by atomic mass is 10.0. The van der Waals surface area contributed by atoms with Gasteiger partial charge in [-0.15, -0.1) is 11.8 Å². The summed E-state index contributed by atoms with van der Waals surface area (Å²) in [5, 5.41) is 0.812. The summed E-state index contributed by atoms with van der Waals surface area (Å²) >= 11 is 8.00. The van der Waals surface area contributed by atoms with E-state index in [0.29, 0.717) is 0 Å². The standard InChI is InChI=1S/C14H13ClS/c1-10-7-8-13(15)12(9-10)11-5-3-4-6-14(11)16-2/h3-9H,1-2H3. The second kappa shape index (κ2) is 4.94. The zero-order chi connectivity index (χ0) is 11.5. The third-order valence-corrected chi connectivity index (χ3v) is 3.64. The molecule has 0 aliphatic rings. The summed E-state index contributed by atoms with van der Waals surface area (Å²) in [4.78, 5) is 1.26. The van der Waals surface area contributed by atoms with Gasteiger partial charge in [-0.3, -0.25) is 0 Å². The molecule has 0 unspecified atom stereocenters. The summed E-state index contributed by atoms with van der Waals surface area (Å²) in [7, 11) is 0. The van der Waals surface area contributed by atoms with E-state index in [1.807, 2.05) is 18.2 Å². The van der Waals surface area contributed by atoms with E-state index in [9.17, 15) is 0 Å². The molecule has 0 heterocycles. The molecule has 0 amide bonds. The molecule has 2 rings (SSSR count). The monoisotopic (exact) mass is 248 g/mol. The first kappa shape index (κ1) is 11.6. The Morgan fingerprint density at radius 2 is 1.75 bits per heavy atom. The number of aryl methyl sites for hydroxylation is 1. The van der Waals surface area contributed by atoms with E-state index in [0.717, 1.165) is 10.6 Å². The lowest BCUT2D eigenvalue weighted by molar-refractivity contribution is 1.41. The molecule has 0 aliphatic carbocycles. The molecule has 0 bridgehead atoms. The van der Waals surface area contributed by atoms with Crippen LogP contribution in [0, 0.1) is 6.92 Å². The molecule has 82 valence electrons. The van der Waals surface area contributed by atoms with E-state index >= 15 is 0 Å². The molecule has 2 aromatic carbocycles. The van der Waals surface area contributed by atoms with Crippen molar-refractivity contribution >= 4 is 23.4 Å². The van der Waals surface area contributed by atoms with Crippen LogP contribution in [-0.2, 0) is 0 Å². The topological polar surface area (TPSA) is 0 Å². The molecular formula is C14H13ClS. The largest absolute Gasteiger partial charge is 0.129 e. The minimum atomic E-state index is 0.812. The highest BCUT2D eigenvalue weighted by atomic mass is 35.5. The lowest BCUT2D eigenvalue weighted by Crippen LogP contribution is -1.84. The van der Waals surface area contributed by atoms with Crippen molar-refractivity contribution in [3.8, 4) is 11.1 Å². The zero-order valence-corrected chi connectivity index (χ0v) is 10.9. The predicted octanol–water partition coefficient (Wildman–Crippen LogP) is 5.04. The van der Waals surface area contributed by atoms with E-state index < -0.39 is 0 Å². The molecule has 2 aromatic rings. The number of rotatable bonds is 2. The minimum Gasteiger partial charge on any atom is -0.129 e. The van der Waals surface area contributed by atoms with Crippen LogP contribution in [0.2, 0.25) is 5.02 Å². The van der Waals surface area contributed by atoms with Gasteiger partial charge in [0.05, 0.1) is 0 Å². The Morgan fingerprint density at radius 1 is 1.00 bits per heavy atom. The van der Waals surface area contributed by atoms with Crippen molar-refractivity contribution in [1.82, 2.24) is 0 Å². The summed E-state index contributed by atoms with van der Waals surface area (Å²) in [6.45, 7) is 2.08. The number of hydrogen-bond acceptors (Lipinski definition) is 1. The van der Waals surface area contributed by atoms with Gasteiger partial charge in [0.2, 0.25) is 0 Å². The van der Waals surface area contributed by atoms with Crippen LogP contribution >= 0.6 is 23.4 Å². The Hall–Kier alpha value is -0.920. The van der Waals surface area contributed by atoms with Gasteiger partial charge in [-0.2, -0.15) is 0 Å². The van der Waals surface area contributed by atoms with E-state index in [4.69, 9.17) is 11.6 Å². The van der Waals surface area contributed by atoms with Gasteiger partial charge in [-0.1, -0.05) is 41.4 Å². The fourth-order valence-electron chi connectivity index (χ4n) is 1.71. The highest BCUT2D eigenvalue weighted by molar-refractivity contribution is 7.98. The molecule has 2 heteroatoms. The van der Waals surface area contributed by atoms with Crippen LogP contribution in [0.4, 0.5) is 0 Å². The Kier molecular flexibility index (Phi) is 3.57. The minimum absolute atomic E-state index is 0.812. The zero-order valence-electron chi connectivity index (χ0n) is 9.33. The van der Waals surface area contributed by atoms with Gasteiger partial charge < -0.3 is 0 Å². The highest BCUT2D eigenvalue weighted by Crippen LogP contribution is 2.34. The number of hydrogen-bond donors (Lipinski definition) is 0. The number of benzene rings is 2. The summed E-state index contributed by atoms with van der Waals surface area (Å²) in [5.74, 6) is 0. The van der Waals surface area contributed by atoms with Crippen molar-refractivity contribution in [1.29, 1.82) is 0 Å². The summed E-state index contributed by atoms with van der Waals surface area (Å²) in [6.07, 6.45) is 2.09. The van der Waals surface area contributed by atoms with Crippen molar-refractivity contribution in [3.63, 3.8) is 0 Å². The quantitative estimate of drug-likeness (QED) is 0.671. The molecule has 0 N–H and O–H groups in total. The third-order valence-electron chi connectivity index (χ3n) is 2.52. The fraction of sp³-hybridized carbons (Fsp3) is 0.143. The van der Waals surface area contributed by atoms with Gasteiger partial charge in [-0.05, 0) is 36.9 Å². The molecule has 0 saturated heterocycles. The average Bonchev–Trinajstić information content (AvgIpc) is 2.32. The number of halogens is 1. The Bertz CT molecular complexity index is 506. The van der Waals surface area contributed by atoms with Crippen molar-refractivity contribution in [2.45, 2.75) is 11.8 Å². The van der Waals surface area contributed by atoms with Crippen LogP contribution in [0.15, 0.2) is 47.4 Å². The SMILES string of the molecule is CSc1ccccc1-c1cc(C)ccc1Cl. The van der Waals surface area contributed by atoms with Crippen LogP contribution in [0.5, 0.6) is 0 Å². The van der Waals surface area contributed by atoms with Crippen LogP contribution in [0.25, 0.3) is 11.1 Å². The third kappa shape index (κ3) is 2.26. The molecule has 0 nitrogen and oxygen atoms in total. The first-order chi connectivity index (χ1) is 7.72. The van der Waals surface area contributed by atoms with Crippen LogP contribution in [0.1, 0.15) is 5.56 Å². The van der Waals surface area contributed by atoms with Gasteiger partial charge >= 0.3 is 0 Å². The molecule has 0 radical (unpaired) electrons. The van der Waals surface area contributed by atoms with Gasteiger partial charge in [-0.25, -0.2) is 0 Å². The molecular weight excluding hydrogens is 236 g/mol. The van der Waals surface area contributed by atoms with Gasteiger partial charge in [0, 0.05) is 15.5 Å². The molecule has 16 heavy (non-hydrogen) atoms. The van der Waals surface area contributed by atoms with Crippen molar-refractivity contribution in [2.75, 3.05) is 6.26 Å². The van der Waals surface area contributed by atoms with E-state index in [1.165, 1.54) is 16.0 Å². The first-order valence-corrected chi connectivity index (χ1v) is 6.72. The molecule has 0 saturated carbocycles. The number of thioether (sulfide) groups is 1. The maximum atomic E-state index is 6.25. The fourth-order valence-corrected chi connectivity index (χ4v) is 2.54. The molecule has 0 aromatic heterocycles. The summed E-state index contributed by atoms with van der Waals surface area (Å²) in [6, 6.07) is 14.5. The predicted molar refractivity (Wildman–Crippen MR) is 73.4 cm³/mol.